The highest BCUT2D eigenvalue weighted by molar-refractivity contribution is 6.01. The van der Waals surface area contributed by atoms with E-state index in [1.165, 1.54) is 119 Å². The van der Waals surface area contributed by atoms with Gasteiger partial charge in [0.05, 0.1) is 69.6 Å². The summed E-state index contributed by atoms with van der Waals surface area (Å²) in [5.74, 6) is 0.0187. The lowest BCUT2D eigenvalue weighted by atomic mass is 10.0. The van der Waals surface area contributed by atoms with Crippen molar-refractivity contribution in [2.24, 2.45) is 17.2 Å². The molecule has 12 aromatic rings. The number of amides is 6. The molecule has 6 amide bonds. The molecule has 6 aromatic heterocycles. The van der Waals surface area contributed by atoms with E-state index in [1.54, 1.807) is 91.5 Å². The minimum atomic E-state index is -4.66. The molecule has 9 N–H and O–H groups in total. The summed E-state index contributed by atoms with van der Waals surface area (Å²) in [4.78, 5) is 105. The van der Waals surface area contributed by atoms with E-state index in [1.807, 2.05) is 7.05 Å². The number of piperidine rings is 1. The molecule has 29 nitrogen and oxygen atoms in total. The number of rotatable bonds is 23. The fraction of sp³-hybridized carbons (Fsp3) is 0.286. The number of primary amides is 3. The first-order chi connectivity index (χ1) is 58.2. The van der Waals surface area contributed by atoms with E-state index >= 15 is 0 Å². The van der Waals surface area contributed by atoms with Crippen LogP contribution < -0.4 is 57.0 Å². The molecular weight excluding hydrogens is 1610 g/mol. The Morgan fingerprint density at radius 3 is 1.21 bits per heavy atom. The minimum Gasteiger partial charge on any atom is -0.490 e. The molecule has 2 saturated heterocycles. The molecule has 122 heavy (non-hydrogen) atoms. The molecule has 6 aromatic carbocycles. The lowest BCUT2D eigenvalue weighted by molar-refractivity contribution is -0.140. The number of nitrogens with one attached hydrogen (secondary N) is 3. The topological polar surface area (TPSA) is 359 Å². The number of hydrogen-bond acceptors (Lipinski definition) is 20. The number of carbonyl (C=O) groups excluding carboxylic acids is 6. The Morgan fingerprint density at radius 1 is 0.443 bits per heavy atom. The van der Waals surface area contributed by atoms with Crippen LogP contribution in [0.5, 0.6) is 40.6 Å². The molecule has 1 saturated carbocycles. The first-order valence-electron chi connectivity index (χ1n) is 38.5. The minimum absolute atomic E-state index is 0.0182. The van der Waals surface area contributed by atoms with Crippen molar-refractivity contribution >= 4 is 91.3 Å². The molecule has 38 heteroatoms. The van der Waals surface area contributed by atoms with Gasteiger partial charge in [0.25, 0.3) is 0 Å². The average molecular weight is 1690 g/mol. The zero-order chi connectivity index (χ0) is 86.7. The van der Waals surface area contributed by atoms with Gasteiger partial charge in [-0.15, -0.1) is 0 Å². The average Bonchev–Trinajstić information content (AvgIpc) is 1.34. The van der Waals surface area contributed by atoms with Gasteiger partial charge in [-0.3, -0.25) is 37.9 Å². The van der Waals surface area contributed by atoms with E-state index in [2.05, 4.69) is 60.6 Å². The standard InChI is InChI=1S/C30H30F3N7O3.C28H27F3N6O4.C26H25F3N6O3/c31-30(32,33)25-14-21(2-1-20(25)17-38-9-11-39(12-10-38)23-3-4-23)37-29(42)40-8-7-19-13-24(5-6-26(19)40)43-28-16-22(15-27(34)41)35-18-36-28;1-36-9-7-20(8-10-36)40-24-5-2-18(13-22(24)28(29,30)31)35-27(39)37-11-6-17-12-21(3-4-23(17)37)41-26-15-19(14-25(32)38)33-16-34-26;1-3-34(4-2)22-7-5-17(12-20(22)26(27,28)29)33-25(37)35-10-9-16-11-19(6-8-21(16)35)38-24-14-18(13-23(30)36)31-15-32-24/h1-2,5-8,13-14,16,18,23H,3-4,9-12,15,17H2,(H2,34,41)(H,37,42);2-6,11-13,15-16,20H,7-10,14H2,1H3,(H2,32,38)(H,35,39);5-12,14-15H,3-4,13H2,1-2H3,(H2,30,36)(H,33,37). The van der Waals surface area contributed by atoms with E-state index < -0.39 is 71.0 Å². The highest BCUT2D eigenvalue weighted by Crippen LogP contribution is 2.42. The summed E-state index contributed by atoms with van der Waals surface area (Å²) in [5, 5.41) is 9.63. The number of likely N-dealkylation sites (tertiary alicyclic amines) is 1. The van der Waals surface area contributed by atoms with Gasteiger partial charge in [-0.05, 0) is 173 Å². The number of halogens is 9. The van der Waals surface area contributed by atoms with Crippen molar-refractivity contribution < 1.29 is 87.2 Å². The number of anilines is 4. The summed E-state index contributed by atoms with van der Waals surface area (Å²) in [7, 11) is 1.96. The van der Waals surface area contributed by atoms with E-state index in [0.717, 1.165) is 57.5 Å². The Bertz CT molecular complexity index is 5840. The molecule has 3 aliphatic rings. The zero-order valence-corrected chi connectivity index (χ0v) is 65.8. The predicted molar refractivity (Wildman–Crippen MR) is 433 cm³/mol. The van der Waals surface area contributed by atoms with Crippen LogP contribution in [0.15, 0.2) is 183 Å². The van der Waals surface area contributed by atoms with Gasteiger partial charge in [0.15, 0.2) is 0 Å². The van der Waals surface area contributed by atoms with Crippen LogP contribution >= 0.6 is 0 Å². The monoisotopic (exact) mass is 1690 g/mol. The van der Waals surface area contributed by atoms with Crippen LogP contribution in [-0.2, 0) is 58.7 Å². The van der Waals surface area contributed by atoms with Crippen molar-refractivity contribution in [2.75, 3.05) is 80.3 Å². The van der Waals surface area contributed by atoms with E-state index in [0.29, 0.717) is 99.0 Å². The summed E-state index contributed by atoms with van der Waals surface area (Å²) < 4.78 is 152. The number of hydrogen-bond donors (Lipinski definition) is 6. The Morgan fingerprint density at radius 2 is 0.828 bits per heavy atom. The van der Waals surface area contributed by atoms with Crippen molar-refractivity contribution in [3.8, 4) is 40.6 Å². The van der Waals surface area contributed by atoms with Crippen LogP contribution in [0.25, 0.3) is 32.7 Å². The van der Waals surface area contributed by atoms with Gasteiger partial charge in [0.1, 0.15) is 48.1 Å². The third-order valence-electron chi connectivity index (χ3n) is 20.2. The number of aromatic nitrogens is 9. The fourth-order valence-corrected chi connectivity index (χ4v) is 14.0. The SMILES string of the molecule is CCN(CC)c1ccc(NC(=O)n2ccc3cc(Oc4cc(CC(N)=O)ncn4)ccc32)cc1C(F)(F)F.CN1CCC(Oc2ccc(NC(=O)n3ccc4cc(Oc5cc(CC(N)=O)ncn5)ccc43)cc2C(F)(F)F)CC1.NC(=O)Cc1cc(Oc2ccc3c(ccn3C(=O)Nc3ccc(CN4CCN(C5CC5)CC4)c(C(F)(F)F)c3)c2)ncn1. The van der Waals surface area contributed by atoms with Crippen LogP contribution in [0.1, 0.15) is 78.9 Å². The van der Waals surface area contributed by atoms with Gasteiger partial charge in [-0.25, -0.2) is 44.3 Å². The largest absolute Gasteiger partial charge is 0.490 e. The molecule has 0 bridgehead atoms. The summed E-state index contributed by atoms with van der Waals surface area (Å²) in [6.45, 7) is 9.29. The Labute approximate surface area is 690 Å². The van der Waals surface area contributed by atoms with Gasteiger partial charge in [-0.2, -0.15) is 39.5 Å². The number of alkyl halides is 9. The lowest BCUT2D eigenvalue weighted by Gasteiger charge is -2.35. The maximum Gasteiger partial charge on any atom is 0.420 e. The number of nitrogens with zero attached hydrogens (tertiary/aromatic N) is 13. The smallest absolute Gasteiger partial charge is 0.420 e. The summed E-state index contributed by atoms with van der Waals surface area (Å²) in [6, 6.07) is 34.4. The third kappa shape index (κ3) is 22.2. The van der Waals surface area contributed by atoms with Gasteiger partial charge in [-0.1, -0.05) is 6.07 Å². The Hall–Kier alpha value is -13.8. The highest BCUT2D eigenvalue weighted by atomic mass is 19.4. The molecule has 15 rings (SSSR count). The maximum absolute atomic E-state index is 14.1. The normalized spacial score (nSPS) is 14.2. The van der Waals surface area contributed by atoms with Gasteiger partial charge in [0.2, 0.25) is 35.4 Å². The third-order valence-corrected chi connectivity index (χ3v) is 20.2. The van der Waals surface area contributed by atoms with E-state index in [9.17, 15) is 68.3 Å². The zero-order valence-electron chi connectivity index (χ0n) is 65.8. The molecule has 0 unspecified atom stereocenters. The number of piperazine rings is 1. The van der Waals surface area contributed by atoms with E-state index in [4.69, 9.17) is 36.1 Å². The molecule has 636 valence electrons. The van der Waals surface area contributed by atoms with Gasteiger partial charge in [0, 0.05) is 141 Å². The van der Waals surface area contributed by atoms with Crippen LogP contribution in [0.2, 0.25) is 0 Å². The van der Waals surface area contributed by atoms with Crippen LogP contribution in [0, 0.1) is 0 Å². The number of benzene rings is 6. The molecule has 0 atom stereocenters. The molecule has 2 aliphatic heterocycles. The van der Waals surface area contributed by atoms with Crippen LogP contribution in [0.4, 0.5) is 76.6 Å². The second-order valence-electron chi connectivity index (χ2n) is 28.9. The second-order valence-corrected chi connectivity index (χ2v) is 28.9. The second kappa shape index (κ2) is 37.3. The molecule has 0 spiro atoms. The Balaban J connectivity index is 0.000000158. The Kier molecular flexibility index (Phi) is 26.3. The van der Waals surface area contributed by atoms with Crippen LogP contribution in [-0.4, -0.2) is 166 Å². The summed E-state index contributed by atoms with van der Waals surface area (Å²) in [6.07, 6.45) is -2.28. The van der Waals surface area contributed by atoms with Gasteiger partial charge >= 0.3 is 36.6 Å². The summed E-state index contributed by atoms with van der Waals surface area (Å²) >= 11 is 0. The van der Waals surface area contributed by atoms with Crippen molar-refractivity contribution in [2.45, 2.75) is 96.0 Å². The quantitative estimate of drug-likeness (QED) is 0.0324. The molecule has 8 heterocycles. The highest BCUT2D eigenvalue weighted by Gasteiger charge is 2.39. The van der Waals surface area contributed by atoms with Crippen LogP contribution in [0.3, 0.4) is 0 Å². The maximum atomic E-state index is 14.1. The van der Waals surface area contributed by atoms with Crippen molar-refractivity contribution in [3.05, 3.63) is 223 Å². The van der Waals surface area contributed by atoms with Crippen molar-refractivity contribution in [1.82, 2.24) is 58.3 Å². The number of nitrogens with two attached hydrogens (primary N) is 3. The molecule has 3 fully saturated rings. The van der Waals surface area contributed by atoms with Crippen molar-refractivity contribution in [3.63, 3.8) is 0 Å². The van der Waals surface area contributed by atoms with Gasteiger partial charge < -0.3 is 61.9 Å². The number of carbonyl (C=O) groups is 6. The first kappa shape index (κ1) is 86.1. The molecule has 0 radical (unpaired) electrons. The fourth-order valence-electron chi connectivity index (χ4n) is 14.0. The summed E-state index contributed by atoms with van der Waals surface area (Å²) in [5.41, 5.74) is 16.2. The predicted octanol–water partition coefficient (Wildman–Crippen LogP) is 14.7. The van der Waals surface area contributed by atoms with E-state index in [-0.39, 0.29) is 83.6 Å². The van der Waals surface area contributed by atoms with Crippen molar-refractivity contribution in [1.29, 1.82) is 0 Å². The molecular formula is C84H82F9N19O10. The first-order valence-corrected chi connectivity index (χ1v) is 38.5. The number of fused-ring (bicyclic) bond motifs is 3. The molecule has 1 aliphatic carbocycles. The lowest BCUT2D eigenvalue weighted by Crippen LogP contribution is -2.46. The number of ether oxygens (including phenoxy) is 4.